The predicted molar refractivity (Wildman–Crippen MR) is 72.2 cm³/mol. The van der Waals surface area contributed by atoms with Crippen molar-refractivity contribution in [2.45, 2.75) is 0 Å². The third kappa shape index (κ3) is 2.04. The average molecular weight is 258 g/mol. The molecular weight excluding hydrogens is 248 g/mol. The van der Waals surface area contributed by atoms with Gasteiger partial charge in [0.05, 0.1) is 4.91 Å². The molecule has 0 saturated heterocycles. The van der Waals surface area contributed by atoms with Crippen LogP contribution >= 0.6 is 11.8 Å². The van der Waals surface area contributed by atoms with Crippen molar-refractivity contribution < 1.29 is 9.53 Å². The van der Waals surface area contributed by atoms with Gasteiger partial charge in [0.2, 0.25) is 0 Å². The predicted octanol–water partition coefficient (Wildman–Crippen LogP) is 1.93. The standard InChI is InChI=1S/C13H10N2O2S/c14-13-15-12(16)11(18-13)6-8-5-9-3-1-2-4-10(9)17-7-8/h1-6H,7H2,(H2,14,15,16). The zero-order valence-corrected chi connectivity index (χ0v) is 10.2. The highest BCUT2D eigenvalue weighted by Crippen LogP contribution is 2.30. The molecule has 0 aromatic heterocycles. The average Bonchev–Trinajstić information content (AvgIpc) is 2.68. The minimum Gasteiger partial charge on any atom is -0.488 e. The van der Waals surface area contributed by atoms with E-state index in [9.17, 15) is 4.79 Å². The highest BCUT2D eigenvalue weighted by atomic mass is 32.2. The molecule has 90 valence electrons. The van der Waals surface area contributed by atoms with Crippen molar-refractivity contribution in [3.63, 3.8) is 0 Å². The summed E-state index contributed by atoms with van der Waals surface area (Å²) in [5.74, 6) is 0.582. The van der Waals surface area contributed by atoms with Crippen LogP contribution in [-0.2, 0) is 4.79 Å². The molecule has 0 unspecified atom stereocenters. The molecule has 2 heterocycles. The van der Waals surface area contributed by atoms with Crippen molar-refractivity contribution in [1.82, 2.24) is 0 Å². The second-order valence-electron chi connectivity index (χ2n) is 3.91. The molecule has 18 heavy (non-hydrogen) atoms. The second-order valence-corrected chi connectivity index (χ2v) is 4.97. The van der Waals surface area contributed by atoms with E-state index < -0.39 is 0 Å². The highest BCUT2D eigenvalue weighted by Gasteiger charge is 2.20. The number of amides is 1. The van der Waals surface area contributed by atoms with Gasteiger partial charge in [-0.3, -0.25) is 4.79 Å². The Morgan fingerprint density at radius 3 is 3.00 bits per heavy atom. The van der Waals surface area contributed by atoms with Gasteiger partial charge in [0, 0.05) is 5.56 Å². The van der Waals surface area contributed by atoms with E-state index in [4.69, 9.17) is 10.5 Å². The molecule has 2 aliphatic heterocycles. The van der Waals surface area contributed by atoms with Crippen LogP contribution in [0.5, 0.6) is 5.75 Å². The summed E-state index contributed by atoms with van der Waals surface area (Å²) in [5.41, 5.74) is 7.45. The van der Waals surface area contributed by atoms with Crippen molar-refractivity contribution in [3.8, 4) is 5.75 Å². The lowest BCUT2D eigenvalue weighted by molar-refractivity contribution is -0.113. The van der Waals surface area contributed by atoms with Crippen LogP contribution in [0.15, 0.2) is 45.8 Å². The summed E-state index contributed by atoms with van der Waals surface area (Å²) in [7, 11) is 0. The van der Waals surface area contributed by atoms with Crippen LogP contribution in [0.1, 0.15) is 5.56 Å². The molecule has 0 bridgehead atoms. The number of thioether (sulfide) groups is 1. The molecule has 0 saturated carbocycles. The summed E-state index contributed by atoms with van der Waals surface area (Å²) in [5, 5.41) is 0.295. The van der Waals surface area contributed by atoms with Gasteiger partial charge in [-0.1, -0.05) is 18.2 Å². The fourth-order valence-corrected chi connectivity index (χ4v) is 2.51. The zero-order chi connectivity index (χ0) is 12.5. The number of para-hydroxylation sites is 1. The fourth-order valence-electron chi connectivity index (χ4n) is 1.81. The van der Waals surface area contributed by atoms with E-state index in [0.29, 0.717) is 16.7 Å². The number of rotatable bonds is 1. The molecule has 1 aromatic rings. The first-order valence-electron chi connectivity index (χ1n) is 5.43. The van der Waals surface area contributed by atoms with E-state index in [0.717, 1.165) is 16.9 Å². The van der Waals surface area contributed by atoms with Crippen LogP contribution in [0.3, 0.4) is 0 Å². The van der Waals surface area contributed by atoms with E-state index in [1.54, 1.807) is 6.08 Å². The first kappa shape index (κ1) is 11.1. The van der Waals surface area contributed by atoms with Crippen molar-refractivity contribution in [3.05, 3.63) is 46.4 Å². The summed E-state index contributed by atoms with van der Waals surface area (Å²) in [6.45, 7) is 0.453. The summed E-state index contributed by atoms with van der Waals surface area (Å²) >= 11 is 1.19. The van der Waals surface area contributed by atoms with Gasteiger partial charge in [-0.25, -0.2) is 0 Å². The van der Waals surface area contributed by atoms with Crippen molar-refractivity contribution >= 4 is 28.9 Å². The Morgan fingerprint density at radius 2 is 2.22 bits per heavy atom. The van der Waals surface area contributed by atoms with E-state index in [-0.39, 0.29) is 5.91 Å². The Hall–Kier alpha value is -2.01. The third-order valence-electron chi connectivity index (χ3n) is 2.61. The number of nitrogens with zero attached hydrogens (tertiary/aromatic N) is 1. The number of nitrogens with two attached hydrogens (primary N) is 1. The summed E-state index contributed by atoms with van der Waals surface area (Å²) < 4.78 is 5.61. The molecule has 3 rings (SSSR count). The third-order valence-corrected chi connectivity index (χ3v) is 3.42. The van der Waals surface area contributed by atoms with Crippen LogP contribution in [0.4, 0.5) is 0 Å². The lowest BCUT2D eigenvalue weighted by atomic mass is 10.1. The number of benzene rings is 1. The van der Waals surface area contributed by atoms with Gasteiger partial charge in [0.25, 0.3) is 5.91 Å². The number of ether oxygens (including phenoxy) is 1. The summed E-state index contributed by atoms with van der Waals surface area (Å²) in [4.78, 5) is 15.7. The SMILES string of the molecule is NC1=NC(=O)C(=CC2=Cc3ccccc3OC2)S1. The smallest absolute Gasteiger partial charge is 0.286 e. The van der Waals surface area contributed by atoms with Gasteiger partial charge in [0.1, 0.15) is 12.4 Å². The van der Waals surface area contributed by atoms with Crippen molar-refractivity contribution in [1.29, 1.82) is 0 Å². The number of hydrogen-bond donors (Lipinski definition) is 1. The Bertz CT molecular complexity index is 617. The van der Waals surface area contributed by atoms with Gasteiger partial charge in [-0.15, -0.1) is 0 Å². The molecule has 0 aliphatic carbocycles. The molecule has 2 aliphatic rings. The van der Waals surface area contributed by atoms with Crippen molar-refractivity contribution in [2.24, 2.45) is 10.7 Å². The molecule has 0 fully saturated rings. The maximum atomic E-state index is 11.5. The maximum absolute atomic E-state index is 11.5. The molecule has 5 heteroatoms. The number of carbonyl (C=O) groups is 1. The Balaban J connectivity index is 1.90. The van der Waals surface area contributed by atoms with E-state index in [1.807, 2.05) is 30.3 Å². The van der Waals surface area contributed by atoms with Gasteiger partial charge >= 0.3 is 0 Å². The highest BCUT2D eigenvalue weighted by molar-refractivity contribution is 8.18. The molecule has 4 nitrogen and oxygen atoms in total. The van der Waals surface area contributed by atoms with E-state index in [1.165, 1.54) is 11.8 Å². The molecule has 2 N–H and O–H groups in total. The van der Waals surface area contributed by atoms with Crippen LogP contribution in [0, 0.1) is 0 Å². The molecule has 0 atom stereocenters. The van der Waals surface area contributed by atoms with Gasteiger partial charge in [-0.2, -0.15) is 4.99 Å². The fraction of sp³-hybridized carbons (Fsp3) is 0.0769. The number of aliphatic imine (C=N–C) groups is 1. The summed E-state index contributed by atoms with van der Waals surface area (Å²) in [6, 6.07) is 7.78. The second kappa shape index (κ2) is 4.34. The van der Waals surface area contributed by atoms with Crippen LogP contribution in [0.25, 0.3) is 6.08 Å². The van der Waals surface area contributed by atoms with Crippen LogP contribution in [0.2, 0.25) is 0 Å². The number of hydrogen-bond acceptors (Lipinski definition) is 4. The zero-order valence-electron chi connectivity index (χ0n) is 9.42. The molecule has 1 amide bonds. The first-order chi connectivity index (χ1) is 8.72. The molecule has 0 spiro atoms. The number of fused-ring (bicyclic) bond motifs is 1. The minimum atomic E-state index is -0.280. The molecule has 0 radical (unpaired) electrons. The molecular formula is C13H10N2O2S. The topological polar surface area (TPSA) is 64.7 Å². The largest absolute Gasteiger partial charge is 0.488 e. The number of amidine groups is 1. The summed E-state index contributed by atoms with van der Waals surface area (Å²) in [6.07, 6.45) is 3.79. The first-order valence-corrected chi connectivity index (χ1v) is 6.24. The van der Waals surface area contributed by atoms with Crippen molar-refractivity contribution in [2.75, 3.05) is 6.61 Å². The van der Waals surface area contributed by atoms with E-state index in [2.05, 4.69) is 4.99 Å². The Labute approximate surface area is 108 Å². The van der Waals surface area contributed by atoms with Crippen LogP contribution in [-0.4, -0.2) is 17.7 Å². The Morgan fingerprint density at radius 1 is 1.39 bits per heavy atom. The lowest BCUT2D eigenvalue weighted by Crippen LogP contribution is -2.06. The number of carbonyl (C=O) groups excluding carboxylic acids is 1. The van der Waals surface area contributed by atoms with E-state index >= 15 is 0 Å². The minimum absolute atomic E-state index is 0.280. The monoisotopic (exact) mass is 258 g/mol. The maximum Gasteiger partial charge on any atom is 0.286 e. The normalized spacial score (nSPS) is 20.2. The Kier molecular flexibility index (Phi) is 2.68. The van der Waals surface area contributed by atoms with Gasteiger partial charge in [0.15, 0.2) is 5.17 Å². The lowest BCUT2D eigenvalue weighted by Gasteiger charge is -2.15. The van der Waals surface area contributed by atoms with Crippen LogP contribution < -0.4 is 10.5 Å². The van der Waals surface area contributed by atoms with Gasteiger partial charge in [-0.05, 0) is 35.6 Å². The molecule has 1 aromatic carbocycles. The quantitative estimate of drug-likeness (QED) is 0.782. The van der Waals surface area contributed by atoms with Gasteiger partial charge < -0.3 is 10.5 Å².